The molecule has 3 aromatic heterocycles. The molecular formula is C18H11Cl2N3O3S. The Hall–Kier alpha value is -2.61. The number of aromatic nitrogens is 3. The third kappa shape index (κ3) is 3.75. The van der Waals surface area contributed by atoms with E-state index in [1.54, 1.807) is 41.0 Å². The molecule has 0 unspecified atom stereocenters. The summed E-state index contributed by atoms with van der Waals surface area (Å²) in [6.45, 7) is 0.306. The highest BCUT2D eigenvalue weighted by molar-refractivity contribution is 7.19. The third-order valence-electron chi connectivity index (χ3n) is 3.81. The molecule has 0 amide bonds. The van der Waals surface area contributed by atoms with Crippen LogP contribution in [-0.4, -0.2) is 25.8 Å². The fourth-order valence-electron chi connectivity index (χ4n) is 2.59. The van der Waals surface area contributed by atoms with Crippen LogP contribution < -0.4 is 0 Å². The van der Waals surface area contributed by atoms with Gasteiger partial charge in [0.05, 0.1) is 15.8 Å². The number of imidazole rings is 1. The molecule has 136 valence electrons. The van der Waals surface area contributed by atoms with Crippen molar-refractivity contribution in [1.82, 2.24) is 14.7 Å². The number of aromatic carboxylic acids is 1. The second-order valence-electron chi connectivity index (χ2n) is 5.68. The number of hydrogen-bond donors (Lipinski definition) is 1. The molecule has 0 aliphatic heterocycles. The molecule has 0 spiro atoms. The normalized spacial score (nSPS) is 11.0. The first-order valence-corrected chi connectivity index (χ1v) is 9.34. The second kappa shape index (κ2) is 7.19. The van der Waals surface area contributed by atoms with Gasteiger partial charge in [-0.05, 0) is 36.4 Å². The van der Waals surface area contributed by atoms with E-state index in [0.29, 0.717) is 33.2 Å². The summed E-state index contributed by atoms with van der Waals surface area (Å²) in [6.07, 6.45) is 1.47. The van der Waals surface area contributed by atoms with Crippen LogP contribution >= 0.6 is 34.5 Å². The maximum atomic E-state index is 11.4. The van der Waals surface area contributed by atoms with E-state index in [9.17, 15) is 9.90 Å². The van der Waals surface area contributed by atoms with Crippen LogP contribution in [0.4, 0.5) is 0 Å². The van der Waals surface area contributed by atoms with Crippen molar-refractivity contribution in [3.8, 4) is 22.0 Å². The van der Waals surface area contributed by atoms with Gasteiger partial charge in [0.1, 0.15) is 11.5 Å². The summed E-state index contributed by atoms with van der Waals surface area (Å²) in [5.41, 5.74) is 1.34. The number of carboxylic acid groups (broad SMARTS) is 1. The first kappa shape index (κ1) is 17.8. The van der Waals surface area contributed by atoms with Gasteiger partial charge < -0.3 is 14.2 Å². The number of nitrogens with zero attached hydrogens (tertiary/aromatic N) is 3. The van der Waals surface area contributed by atoms with Crippen LogP contribution in [0.25, 0.3) is 22.0 Å². The first-order valence-electron chi connectivity index (χ1n) is 7.77. The molecule has 0 aliphatic rings. The number of benzene rings is 1. The molecule has 0 saturated heterocycles. The topological polar surface area (TPSA) is 81.1 Å². The molecule has 1 aromatic carbocycles. The van der Waals surface area contributed by atoms with Crippen molar-refractivity contribution in [2.45, 2.75) is 6.54 Å². The van der Waals surface area contributed by atoms with Crippen molar-refractivity contribution in [2.75, 3.05) is 0 Å². The van der Waals surface area contributed by atoms with E-state index in [2.05, 4.69) is 10.1 Å². The van der Waals surface area contributed by atoms with Gasteiger partial charge in [-0.3, -0.25) is 0 Å². The smallest absolute Gasteiger partial charge is 0.356 e. The summed E-state index contributed by atoms with van der Waals surface area (Å²) in [5, 5.41) is 14.0. The van der Waals surface area contributed by atoms with Crippen molar-refractivity contribution in [3.05, 3.63) is 69.4 Å². The lowest BCUT2D eigenvalue weighted by Crippen LogP contribution is -2.01. The SMILES string of the molecule is O=C(O)c1cn(Cc2cc(-c3ccc(Cl)s3)on2)c(-c2ccc(Cl)cc2)n1. The maximum Gasteiger partial charge on any atom is 0.356 e. The minimum Gasteiger partial charge on any atom is -0.476 e. The van der Waals surface area contributed by atoms with Gasteiger partial charge in [0.15, 0.2) is 11.5 Å². The van der Waals surface area contributed by atoms with Gasteiger partial charge in [0.2, 0.25) is 0 Å². The summed E-state index contributed by atoms with van der Waals surface area (Å²) in [5.74, 6) is 0.0133. The van der Waals surface area contributed by atoms with E-state index in [0.717, 1.165) is 10.4 Å². The third-order valence-corrected chi connectivity index (χ3v) is 5.30. The minimum absolute atomic E-state index is 0.0475. The monoisotopic (exact) mass is 419 g/mol. The van der Waals surface area contributed by atoms with Crippen molar-refractivity contribution < 1.29 is 14.4 Å². The van der Waals surface area contributed by atoms with E-state index >= 15 is 0 Å². The zero-order chi connectivity index (χ0) is 19.0. The quantitative estimate of drug-likeness (QED) is 0.473. The number of halogens is 2. The van der Waals surface area contributed by atoms with E-state index in [-0.39, 0.29) is 5.69 Å². The van der Waals surface area contributed by atoms with Crippen LogP contribution in [0, 0.1) is 0 Å². The minimum atomic E-state index is -1.10. The van der Waals surface area contributed by atoms with Crippen LogP contribution in [0.15, 0.2) is 53.2 Å². The maximum absolute atomic E-state index is 11.4. The highest BCUT2D eigenvalue weighted by Gasteiger charge is 2.17. The summed E-state index contributed by atoms with van der Waals surface area (Å²) in [4.78, 5) is 16.4. The van der Waals surface area contributed by atoms with Crippen LogP contribution in [0.1, 0.15) is 16.2 Å². The Morgan fingerprint density at radius 2 is 1.96 bits per heavy atom. The Morgan fingerprint density at radius 1 is 1.19 bits per heavy atom. The summed E-state index contributed by atoms with van der Waals surface area (Å²) in [6, 6.07) is 12.5. The molecule has 0 aliphatic carbocycles. The van der Waals surface area contributed by atoms with Crippen molar-refractivity contribution in [3.63, 3.8) is 0 Å². The van der Waals surface area contributed by atoms with Crippen LogP contribution in [0.3, 0.4) is 0 Å². The molecule has 3 heterocycles. The molecule has 1 N–H and O–H groups in total. The molecule has 4 aromatic rings. The highest BCUT2D eigenvalue weighted by atomic mass is 35.5. The second-order valence-corrected chi connectivity index (χ2v) is 7.83. The van der Waals surface area contributed by atoms with Gasteiger partial charge >= 0.3 is 5.97 Å². The lowest BCUT2D eigenvalue weighted by atomic mass is 10.2. The average molecular weight is 420 g/mol. The fourth-order valence-corrected chi connectivity index (χ4v) is 3.71. The lowest BCUT2D eigenvalue weighted by molar-refractivity contribution is 0.0691. The van der Waals surface area contributed by atoms with Gasteiger partial charge in [-0.15, -0.1) is 11.3 Å². The Kier molecular flexibility index (Phi) is 4.73. The summed E-state index contributed by atoms with van der Waals surface area (Å²) < 4.78 is 7.76. The molecular weight excluding hydrogens is 409 g/mol. The Bertz CT molecular complexity index is 1120. The number of carbonyl (C=O) groups is 1. The molecule has 9 heteroatoms. The largest absolute Gasteiger partial charge is 0.476 e. The fraction of sp³-hybridized carbons (Fsp3) is 0.0556. The number of carboxylic acids is 1. The molecule has 0 fully saturated rings. The Morgan fingerprint density at radius 3 is 2.63 bits per heavy atom. The van der Waals surface area contributed by atoms with Gasteiger partial charge in [-0.1, -0.05) is 28.4 Å². The Balaban J connectivity index is 1.68. The van der Waals surface area contributed by atoms with Crippen LogP contribution in [0.5, 0.6) is 0 Å². The molecule has 0 bridgehead atoms. The van der Waals surface area contributed by atoms with E-state index in [1.807, 2.05) is 6.07 Å². The van der Waals surface area contributed by atoms with Crippen LogP contribution in [-0.2, 0) is 6.54 Å². The van der Waals surface area contributed by atoms with Gasteiger partial charge in [-0.25, -0.2) is 9.78 Å². The van der Waals surface area contributed by atoms with Gasteiger partial charge in [-0.2, -0.15) is 0 Å². The summed E-state index contributed by atoms with van der Waals surface area (Å²) >= 11 is 13.3. The Labute approximate surface area is 167 Å². The molecule has 0 radical (unpaired) electrons. The molecule has 6 nitrogen and oxygen atoms in total. The predicted octanol–water partition coefficient (Wildman–Crippen LogP) is 5.32. The number of rotatable bonds is 5. The number of hydrogen-bond acceptors (Lipinski definition) is 5. The summed E-state index contributed by atoms with van der Waals surface area (Å²) in [7, 11) is 0. The van der Waals surface area contributed by atoms with Crippen molar-refractivity contribution >= 4 is 40.5 Å². The highest BCUT2D eigenvalue weighted by Crippen LogP contribution is 2.31. The van der Waals surface area contributed by atoms with Gasteiger partial charge in [0.25, 0.3) is 0 Å². The average Bonchev–Trinajstić information content (AvgIpc) is 3.36. The zero-order valence-electron chi connectivity index (χ0n) is 13.6. The van der Waals surface area contributed by atoms with Crippen molar-refractivity contribution in [1.29, 1.82) is 0 Å². The van der Waals surface area contributed by atoms with Gasteiger partial charge in [0, 0.05) is 22.8 Å². The van der Waals surface area contributed by atoms with Crippen molar-refractivity contribution in [2.24, 2.45) is 0 Å². The zero-order valence-corrected chi connectivity index (χ0v) is 15.9. The van der Waals surface area contributed by atoms with E-state index in [4.69, 9.17) is 27.7 Å². The molecule has 4 rings (SSSR count). The molecule has 27 heavy (non-hydrogen) atoms. The number of thiophene rings is 1. The van der Waals surface area contributed by atoms with E-state index in [1.165, 1.54) is 17.5 Å². The predicted molar refractivity (Wildman–Crippen MR) is 104 cm³/mol. The van der Waals surface area contributed by atoms with Crippen LogP contribution in [0.2, 0.25) is 9.36 Å². The first-order chi connectivity index (χ1) is 13.0. The molecule has 0 atom stereocenters. The standard InChI is InChI=1S/C18H11Cl2N3O3S/c19-11-3-1-10(2-4-11)17-21-13(18(24)25)9-23(17)8-12-7-14(26-22-12)15-5-6-16(20)27-15/h1-7,9H,8H2,(H,24,25). The molecule has 0 saturated carbocycles. The van der Waals surface area contributed by atoms with E-state index < -0.39 is 5.97 Å². The lowest BCUT2D eigenvalue weighted by Gasteiger charge is -2.05.